The average Bonchev–Trinajstić information content (AvgIpc) is 3.25. The molecule has 8 nitrogen and oxygen atoms in total. The normalized spacial score (nSPS) is 26.2. The summed E-state index contributed by atoms with van der Waals surface area (Å²) in [5.41, 5.74) is 2.22. The molecule has 1 fully saturated rings. The number of hydrogen-bond acceptors (Lipinski definition) is 7. The highest BCUT2D eigenvalue weighted by atomic mass is 16.6. The summed E-state index contributed by atoms with van der Waals surface area (Å²) < 4.78 is 11.1. The van der Waals surface area contributed by atoms with E-state index in [1.165, 1.54) is 12.1 Å². The van der Waals surface area contributed by atoms with Crippen molar-refractivity contribution in [3.63, 3.8) is 0 Å². The van der Waals surface area contributed by atoms with E-state index in [0.717, 1.165) is 12.8 Å². The molecule has 1 aliphatic carbocycles. The third-order valence-electron chi connectivity index (χ3n) is 5.96. The maximum atomic E-state index is 13.1. The van der Waals surface area contributed by atoms with Gasteiger partial charge in [0.1, 0.15) is 12.5 Å². The zero-order valence-corrected chi connectivity index (χ0v) is 16.8. The van der Waals surface area contributed by atoms with Gasteiger partial charge < -0.3 is 9.47 Å². The molecule has 0 saturated carbocycles. The summed E-state index contributed by atoms with van der Waals surface area (Å²) in [5.74, 6) is -1.97. The molecule has 1 aromatic carbocycles. The lowest BCUT2D eigenvalue weighted by Gasteiger charge is -2.34. The minimum atomic E-state index is -0.797. The Morgan fingerprint density at radius 2 is 2.17 bits per heavy atom. The van der Waals surface area contributed by atoms with E-state index in [-0.39, 0.29) is 24.2 Å². The number of esters is 1. The fourth-order valence-electron chi connectivity index (χ4n) is 4.54. The Labute approximate surface area is 174 Å². The van der Waals surface area contributed by atoms with Crippen LogP contribution in [-0.4, -0.2) is 41.7 Å². The minimum absolute atomic E-state index is 0.0547. The van der Waals surface area contributed by atoms with Crippen LogP contribution in [0.1, 0.15) is 50.5 Å². The highest BCUT2D eigenvalue weighted by Crippen LogP contribution is 2.44. The summed E-state index contributed by atoms with van der Waals surface area (Å²) >= 11 is 0. The second-order valence-corrected chi connectivity index (χ2v) is 7.96. The average molecular weight is 412 g/mol. The van der Waals surface area contributed by atoms with Gasteiger partial charge in [-0.05, 0) is 38.2 Å². The van der Waals surface area contributed by atoms with Gasteiger partial charge in [0.25, 0.3) is 5.69 Å². The fourth-order valence-corrected chi connectivity index (χ4v) is 4.54. The maximum absolute atomic E-state index is 13.1. The SMILES string of the molecule is CC1=NC2=C(C(=O)CCC2)[C@@H](c2cccc([N+](=O)[O-])c2)C1C(=O)OC[C@@H]1CCCO1. The summed E-state index contributed by atoms with van der Waals surface area (Å²) in [7, 11) is 0. The highest BCUT2D eigenvalue weighted by Gasteiger charge is 2.43. The molecule has 1 aromatic rings. The number of Topliss-reactive ketones (excluding diaryl/α,β-unsaturated/α-hetero) is 1. The van der Waals surface area contributed by atoms with E-state index in [1.807, 2.05) is 0 Å². The molecule has 1 unspecified atom stereocenters. The highest BCUT2D eigenvalue weighted by molar-refractivity contribution is 6.08. The first-order chi connectivity index (χ1) is 14.5. The van der Waals surface area contributed by atoms with Crippen LogP contribution in [0.15, 0.2) is 40.5 Å². The Balaban J connectivity index is 1.71. The van der Waals surface area contributed by atoms with Crippen LogP contribution in [0.25, 0.3) is 0 Å². The van der Waals surface area contributed by atoms with Crippen LogP contribution in [0.2, 0.25) is 0 Å². The number of nitro benzene ring substituents is 1. The molecule has 0 radical (unpaired) electrons. The molecule has 2 heterocycles. The van der Waals surface area contributed by atoms with Gasteiger partial charge >= 0.3 is 5.97 Å². The second-order valence-electron chi connectivity index (χ2n) is 7.96. The van der Waals surface area contributed by atoms with Crippen LogP contribution in [0.4, 0.5) is 5.69 Å². The number of benzene rings is 1. The number of rotatable bonds is 5. The van der Waals surface area contributed by atoms with E-state index in [1.54, 1.807) is 19.1 Å². The van der Waals surface area contributed by atoms with Gasteiger partial charge in [0.15, 0.2) is 5.78 Å². The lowest BCUT2D eigenvalue weighted by atomic mass is 9.71. The monoisotopic (exact) mass is 412 g/mol. The summed E-state index contributed by atoms with van der Waals surface area (Å²) in [6, 6.07) is 6.14. The number of nitrogens with zero attached hydrogens (tertiary/aromatic N) is 2. The van der Waals surface area contributed by atoms with Crippen molar-refractivity contribution >= 4 is 23.2 Å². The fraction of sp³-hybridized carbons (Fsp3) is 0.500. The number of ketones is 1. The quantitative estimate of drug-likeness (QED) is 0.416. The molecule has 3 atom stereocenters. The van der Waals surface area contributed by atoms with Crippen molar-refractivity contribution in [3.8, 4) is 0 Å². The maximum Gasteiger partial charge on any atom is 0.315 e. The molecule has 0 bridgehead atoms. The Kier molecular flexibility index (Phi) is 5.76. The summed E-state index contributed by atoms with van der Waals surface area (Å²) in [5, 5.41) is 11.3. The number of ether oxygens (including phenoxy) is 2. The molecule has 8 heteroatoms. The van der Waals surface area contributed by atoms with Gasteiger partial charge in [-0.3, -0.25) is 24.7 Å². The van der Waals surface area contributed by atoms with Crippen LogP contribution in [-0.2, 0) is 19.1 Å². The lowest BCUT2D eigenvalue weighted by molar-refractivity contribution is -0.384. The van der Waals surface area contributed by atoms with E-state index < -0.39 is 22.7 Å². The van der Waals surface area contributed by atoms with E-state index in [2.05, 4.69) is 4.99 Å². The van der Waals surface area contributed by atoms with Crippen LogP contribution in [0.3, 0.4) is 0 Å². The van der Waals surface area contributed by atoms with Gasteiger partial charge in [-0.2, -0.15) is 0 Å². The second kappa shape index (κ2) is 8.47. The first-order valence-electron chi connectivity index (χ1n) is 10.3. The minimum Gasteiger partial charge on any atom is -0.462 e. The van der Waals surface area contributed by atoms with Crippen LogP contribution in [0, 0.1) is 16.0 Å². The molecule has 0 N–H and O–H groups in total. The van der Waals surface area contributed by atoms with Crippen molar-refractivity contribution in [1.29, 1.82) is 0 Å². The molecule has 0 amide bonds. The van der Waals surface area contributed by atoms with Gasteiger partial charge in [0, 0.05) is 48.1 Å². The lowest BCUT2D eigenvalue weighted by Crippen LogP contribution is -2.38. The number of carbonyl (C=O) groups is 2. The number of aliphatic imine (C=N–C) groups is 1. The number of non-ortho nitro benzene ring substituents is 1. The van der Waals surface area contributed by atoms with Gasteiger partial charge in [-0.1, -0.05) is 12.1 Å². The Bertz CT molecular complexity index is 945. The summed E-state index contributed by atoms with van der Waals surface area (Å²) in [6.07, 6.45) is 3.42. The predicted octanol–water partition coefficient (Wildman–Crippen LogP) is 3.50. The Hall–Kier alpha value is -2.87. The van der Waals surface area contributed by atoms with E-state index in [0.29, 0.717) is 48.4 Å². The summed E-state index contributed by atoms with van der Waals surface area (Å²) in [4.78, 5) is 41.4. The van der Waals surface area contributed by atoms with Crippen molar-refractivity contribution in [2.45, 2.75) is 51.0 Å². The summed E-state index contributed by atoms with van der Waals surface area (Å²) in [6.45, 7) is 2.57. The first-order valence-corrected chi connectivity index (χ1v) is 10.3. The van der Waals surface area contributed by atoms with Gasteiger partial charge in [-0.15, -0.1) is 0 Å². The molecule has 4 rings (SSSR count). The molecular formula is C22H24N2O6. The van der Waals surface area contributed by atoms with Crippen LogP contribution >= 0.6 is 0 Å². The molecular weight excluding hydrogens is 388 g/mol. The van der Waals surface area contributed by atoms with Crippen molar-refractivity contribution in [2.24, 2.45) is 10.9 Å². The largest absolute Gasteiger partial charge is 0.462 e. The first kappa shape index (κ1) is 20.4. The van der Waals surface area contributed by atoms with Gasteiger partial charge in [0.2, 0.25) is 0 Å². The van der Waals surface area contributed by atoms with E-state index in [4.69, 9.17) is 9.47 Å². The standard InChI is InChI=1S/C22H24N2O6/c1-13-19(22(26)30-12-16-7-4-10-29-16)20(14-5-2-6-15(11-14)24(27)28)21-17(23-13)8-3-9-18(21)25/h2,5-6,11,16,19-20H,3-4,7-10,12H2,1H3/t16-,19?,20-/m0/s1. The molecule has 30 heavy (non-hydrogen) atoms. The van der Waals surface area contributed by atoms with E-state index in [9.17, 15) is 19.7 Å². The molecule has 158 valence electrons. The van der Waals surface area contributed by atoms with Crippen molar-refractivity contribution in [2.75, 3.05) is 13.2 Å². The molecule has 0 aromatic heterocycles. The topological polar surface area (TPSA) is 108 Å². The van der Waals surface area contributed by atoms with E-state index >= 15 is 0 Å². The third-order valence-corrected chi connectivity index (χ3v) is 5.96. The van der Waals surface area contributed by atoms with Crippen molar-refractivity contribution in [3.05, 3.63) is 51.2 Å². The van der Waals surface area contributed by atoms with Crippen LogP contribution in [0.5, 0.6) is 0 Å². The molecule has 3 aliphatic rings. The molecule has 0 spiro atoms. The van der Waals surface area contributed by atoms with Crippen molar-refractivity contribution in [1.82, 2.24) is 0 Å². The number of nitro groups is 1. The zero-order chi connectivity index (χ0) is 21.3. The Morgan fingerprint density at radius 1 is 1.33 bits per heavy atom. The number of hydrogen-bond donors (Lipinski definition) is 0. The Morgan fingerprint density at radius 3 is 2.90 bits per heavy atom. The number of allylic oxidation sites excluding steroid dienone is 2. The van der Waals surface area contributed by atoms with Crippen LogP contribution < -0.4 is 0 Å². The number of carbonyl (C=O) groups excluding carboxylic acids is 2. The van der Waals surface area contributed by atoms with Crippen molar-refractivity contribution < 1.29 is 24.0 Å². The molecule has 1 saturated heterocycles. The molecule has 2 aliphatic heterocycles. The van der Waals surface area contributed by atoms with Gasteiger partial charge in [0.05, 0.1) is 11.0 Å². The predicted molar refractivity (Wildman–Crippen MR) is 108 cm³/mol. The zero-order valence-electron chi connectivity index (χ0n) is 16.8. The smallest absolute Gasteiger partial charge is 0.315 e. The third kappa shape index (κ3) is 3.92. The van der Waals surface area contributed by atoms with Gasteiger partial charge in [-0.25, -0.2) is 0 Å².